The Kier molecular flexibility index (Phi) is 24.9. The zero-order valence-corrected chi connectivity index (χ0v) is 57.9. The van der Waals surface area contributed by atoms with Crippen molar-refractivity contribution in [2.75, 3.05) is 6.61 Å². The van der Waals surface area contributed by atoms with Gasteiger partial charge < -0.3 is 74.6 Å². The molecule has 0 spiro atoms. The van der Waals surface area contributed by atoms with Gasteiger partial charge in [-0.3, -0.25) is 62.3 Å². The van der Waals surface area contributed by atoms with Gasteiger partial charge in [0, 0.05) is 79.8 Å². The van der Waals surface area contributed by atoms with Crippen molar-refractivity contribution in [1.82, 2.24) is 63.8 Å². The molecule has 0 saturated heterocycles. The van der Waals surface area contributed by atoms with Crippen LogP contribution in [0.1, 0.15) is 225 Å². The molecule has 99 heavy (non-hydrogen) atoms. The molecule has 27 nitrogen and oxygen atoms in total. The van der Waals surface area contributed by atoms with E-state index in [2.05, 4.69) is 63.8 Å². The van der Waals surface area contributed by atoms with Gasteiger partial charge in [-0.25, -0.2) is 0 Å². The lowest BCUT2D eigenvalue weighted by atomic mass is 9.95. The van der Waals surface area contributed by atoms with Gasteiger partial charge in [-0.05, 0) is 141 Å². The van der Waals surface area contributed by atoms with Gasteiger partial charge in [0.15, 0.2) is 0 Å². The highest BCUT2D eigenvalue weighted by atomic mass is 16.3. The highest BCUT2D eigenvalue weighted by Crippen LogP contribution is 2.38. The molecule has 0 aromatic heterocycles. The van der Waals surface area contributed by atoms with Crippen LogP contribution < -0.4 is 69.5 Å². The number of nitrogens with two attached hydrogens (primary N) is 1. The quantitative estimate of drug-likeness (QED) is 0.0584. The van der Waals surface area contributed by atoms with E-state index in [0.29, 0.717) is 154 Å². The van der Waals surface area contributed by atoms with Crippen LogP contribution in [0.3, 0.4) is 0 Å². The van der Waals surface area contributed by atoms with Crippen molar-refractivity contribution >= 4 is 76.8 Å². The van der Waals surface area contributed by atoms with E-state index >= 15 is 0 Å². The molecule has 0 unspecified atom stereocenters. The fourth-order valence-electron chi connectivity index (χ4n) is 19.8. The highest BCUT2D eigenvalue weighted by Gasteiger charge is 2.48. The monoisotopic (exact) mass is 1380 g/mol. The van der Waals surface area contributed by atoms with Crippen molar-refractivity contribution in [1.29, 1.82) is 0 Å². The first kappa shape index (κ1) is 73.3. The summed E-state index contributed by atoms with van der Waals surface area (Å²) in [5, 5.41) is 47.5. The van der Waals surface area contributed by atoms with Gasteiger partial charge in [-0.1, -0.05) is 70.6 Å². The number of primary amides is 1. The third-order valence-electron chi connectivity index (χ3n) is 25.1. The summed E-state index contributed by atoms with van der Waals surface area (Å²) in [5.41, 5.74) is 5.59. The van der Waals surface area contributed by atoms with Crippen LogP contribution in [0, 0.1) is 65.1 Å². The predicted octanol–water partition coefficient (Wildman–Crippen LogP) is 1.49. The van der Waals surface area contributed by atoms with E-state index in [-0.39, 0.29) is 102 Å². The molecule has 27 heteroatoms. The normalized spacial score (nSPS) is 36.5. The van der Waals surface area contributed by atoms with E-state index in [0.717, 1.165) is 57.8 Å². The van der Waals surface area contributed by atoms with Crippen molar-refractivity contribution in [2.24, 2.45) is 70.8 Å². The van der Waals surface area contributed by atoms with Gasteiger partial charge in [0.25, 0.3) is 0 Å². The number of carbonyl (C=O) groups is 13. The number of rotatable bonds is 26. The summed E-state index contributed by atoms with van der Waals surface area (Å²) < 4.78 is 0. The SMILES string of the molecule is CC(=O)N[C@H]1CCC[C@@H]1C(=O)N[C@H]1CCC[C@@H]1C(=O)N[C@H]1CCC[C@@H]1C(=O)N[C@H]1CCC[C@@H]1C(=O)N[C@H]1CCC[C@@H]1C(=O)N[C@H]1CCC[C@@H]1C(=O)N[C@H]1CCC[C@@H]1C(=O)N[C@H]1CCC[C@@H]1C(=O)N[C@H](CO)CC(=O)N[C@H]1CCC[C@@H]1C(=O)N[C@H]1CCC[C@@H]1C(=O)N[C@H]1CCC[C@@H]1C(N)=O. The molecular weight excluding hydrogens is 1270 g/mol. The summed E-state index contributed by atoms with van der Waals surface area (Å²) >= 11 is 0. The second kappa shape index (κ2) is 33.7. The zero-order valence-electron chi connectivity index (χ0n) is 57.9. The standard InChI is InChI=1S/C72H111N13O14/c1-37(87)74-51-25-3-14-40(51)64(91)79-55-29-7-18-44(55)68(95)82-57-31-9-20-46(57)70(97)84-59-33-11-22-48(59)72(99)85-60-34-12-23-49(60)71(98)83-58-32-10-21-47(58)69(96)81-56-30-8-19-45(56)67(94)78-53-27-5-16-42(53)63(90)75-38(36-86)35-61(88)76-52-26-4-15-41(52)65(92)80-54-28-6-17-43(54)66(93)77-50-24-2-13-39(50)62(73)89/h38-60,86H,2-36H2,1H3,(H2,73,89)(H,74,87)(H,75,90)(H,76,88)(H,77,93)(H,78,94)(H,79,91)(H,80,92)(H,81,96)(H,82,95)(H,83,98)(H,84,97)(H,85,99)/t38-,39-,40-,41-,42-,43-,44-,45-,46-,47-,48-,49-,50-,51-,52-,53-,54-,55-,56-,57-,58-,59-,60-/m0/s1. The Balaban J connectivity index is 0.597. The third-order valence-corrected chi connectivity index (χ3v) is 25.1. The van der Waals surface area contributed by atoms with Gasteiger partial charge in [0.1, 0.15) is 0 Å². The molecule has 548 valence electrons. The number of aliphatic hydroxyl groups excluding tert-OH is 1. The molecule has 0 aliphatic heterocycles. The maximum Gasteiger partial charge on any atom is 0.225 e. The first-order chi connectivity index (χ1) is 47.7. The fraction of sp³-hybridized carbons (Fsp3) is 0.819. The van der Waals surface area contributed by atoms with Gasteiger partial charge in [-0.15, -0.1) is 0 Å². The van der Waals surface area contributed by atoms with Crippen LogP contribution in [0.4, 0.5) is 0 Å². The van der Waals surface area contributed by atoms with Gasteiger partial charge >= 0.3 is 0 Å². The van der Waals surface area contributed by atoms with Crippen LogP contribution in [0.15, 0.2) is 0 Å². The Morgan fingerprint density at radius 3 is 0.657 bits per heavy atom. The van der Waals surface area contributed by atoms with Crippen molar-refractivity contribution in [2.45, 2.75) is 298 Å². The van der Waals surface area contributed by atoms with Gasteiger partial charge in [0.2, 0.25) is 76.8 Å². The first-order valence-electron chi connectivity index (χ1n) is 38.2. The molecular formula is C72H111N13O14. The Morgan fingerprint density at radius 2 is 0.455 bits per heavy atom. The lowest BCUT2D eigenvalue weighted by Gasteiger charge is -2.29. The summed E-state index contributed by atoms with van der Waals surface area (Å²) in [6.07, 6.45) is 21.3. The largest absolute Gasteiger partial charge is 0.394 e. The summed E-state index contributed by atoms with van der Waals surface area (Å²) in [7, 11) is 0. The Hall–Kier alpha value is -6.93. The van der Waals surface area contributed by atoms with Gasteiger partial charge in [0.05, 0.1) is 77.7 Å². The molecule has 0 radical (unpaired) electrons. The average Bonchev–Trinajstić information content (AvgIpc) is 1.72. The van der Waals surface area contributed by atoms with Crippen LogP contribution in [-0.2, 0) is 62.3 Å². The lowest BCUT2D eigenvalue weighted by molar-refractivity contribution is -0.132. The van der Waals surface area contributed by atoms with Crippen LogP contribution in [-0.4, -0.2) is 161 Å². The van der Waals surface area contributed by atoms with Crippen LogP contribution in [0.5, 0.6) is 0 Å². The van der Waals surface area contributed by atoms with Crippen molar-refractivity contribution in [3.63, 3.8) is 0 Å². The molecule has 0 bridgehead atoms. The van der Waals surface area contributed by atoms with Crippen LogP contribution in [0.25, 0.3) is 0 Å². The number of carbonyl (C=O) groups excluding carboxylic acids is 13. The van der Waals surface area contributed by atoms with Crippen LogP contribution >= 0.6 is 0 Å². The van der Waals surface area contributed by atoms with Gasteiger partial charge in [-0.2, -0.15) is 0 Å². The third kappa shape index (κ3) is 17.9. The summed E-state index contributed by atoms with van der Waals surface area (Å²) in [4.78, 5) is 176. The second-order valence-corrected chi connectivity index (χ2v) is 31.4. The number of hydrogen-bond acceptors (Lipinski definition) is 14. The minimum absolute atomic E-state index is 0.135. The zero-order chi connectivity index (χ0) is 70.0. The molecule has 11 aliphatic carbocycles. The van der Waals surface area contributed by atoms with E-state index in [1.165, 1.54) is 6.92 Å². The number of amides is 13. The molecule has 11 saturated carbocycles. The minimum Gasteiger partial charge on any atom is -0.394 e. The smallest absolute Gasteiger partial charge is 0.225 e. The van der Waals surface area contributed by atoms with Crippen molar-refractivity contribution in [3.8, 4) is 0 Å². The van der Waals surface area contributed by atoms with E-state index in [9.17, 15) is 67.4 Å². The maximum absolute atomic E-state index is 14.2. The Bertz CT molecular complexity index is 3010. The van der Waals surface area contributed by atoms with Crippen molar-refractivity contribution < 1.29 is 67.4 Å². The molecule has 13 amide bonds. The molecule has 11 fully saturated rings. The fourth-order valence-corrected chi connectivity index (χ4v) is 19.8. The highest BCUT2D eigenvalue weighted by molar-refractivity contribution is 5.90. The second-order valence-electron chi connectivity index (χ2n) is 31.4. The summed E-state index contributed by atoms with van der Waals surface area (Å²) in [6.45, 7) is 0.933. The first-order valence-corrected chi connectivity index (χ1v) is 38.2. The number of aliphatic hydroxyl groups is 1. The molecule has 11 rings (SSSR count). The topological polar surface area (TPSA) is 413 Å². The molecule has 23 atom stereocenters. The molecule has 0 heterocycles. The summed E-state index contributed by atoms with van der Waals surface area (Å²) in [5.74, 6) is -8.55. The Morgan fingerprint density at radius 1 is 0.273 bits per heavy atom. The number of hydrogen-bond donors (Lipinski definition) is 14. The summed E-state index contributed by atoms with van der Waals surface area (Å²) in [6, 6.07) is -5.25. The lowest BCUT2D eigenvalue weighted by Crippen LogP contribution is -2.54. The maximum atomic E-state index is 14.2. The van der Waals surface area contributed by atoms with Crippen molar-refractivity contribution in [3.05, 3.63) is 0 Å². The average molecular weight is 1380 g/mol. The number of nitrogens with one attached hydrogen (secondary N) is 12. The molecule has 0 aromatic carbocycles. The molecule has 0 aromatic rings. The Labute approximate surface area is 580 Å². The van der Waals surface area contributed by atoms with Crippen LogP contribution in [0.2, 0.25) is 0 Å². The predicted molar refractivity (Wildman–Crippen MR) is 360 cm³/mol. The minimum atomic E-state index is -0.925. The molecule has 11 aliphatic rings. The van der Waals surface area contributed by atoms with E-state index in [1.807, 2.05) is 0 Å². The van der Waals surface area contributed by atoms with E-state index in [4.69, 9.17) is 5.73 Å². The molecule has 15 N–H and O–H groups in total. The van der Waals surface area contributed by atoms with E-state index < -0.39 is 126 Å². The van der Waals surface area contributed by atoms with E-state index in [1.54, 1.807) is 0 Å².